The van der Waals surface area contributed by atoms with E-state index >= 15 is 0 Å². The van der Waals surface area contributed by atoms with E-state index in [1.807, 2.05) is 49.0 Å². The maximum atomic E-state index is 4.61. The molecule has 4 rings (SSSR count). The normalized spacial score (nSPS) is 11.0. The number of para-hydroxylation sites is 1. The first-order chi connectivity index (χ1) is 12.2. The van der Waals surface area contributed by atoms with Gasteiger partial charge in [0.15, 0.2) is 5.82 Å². The Morgan fingerprint density at radius 1 is 1.08 bits per heavy atom. The van der Waals surface area contributed by atoms with Gasteiger partial charge in [0.25, 0.3) is 0 Å². The van der Waals surface area contributed by atoms with Crippen molar-refractivity contribution < 1.29 is 0 Å². The molecule has 0 spiro atoms. The predicted octanol–water partition coefficient (Wildman–Crippen LogP) is 3.35. The lowest BCUT2D eigenvalue weighted by Crippen LogP contribution is -2.05. The van der Waals surface area contributed by atoms with Gasteiger partial charge in [-0.1, -0.05) is 18.2 Å². The highest BCUT2D eigenvalue weighted by molar-refractivity contribution is 5.82. The van der Waals surface area contributed by atoms with Crippen molar-refractivity contribution >= 4 is 16.7 Å². The van der Waals surface area contributed by atoms with E-state index in [-0.39, 0.29) is 0 Å². The number of hydrogen-bond donors (Lipinski definition) is 1. The van der Waals surface area contributed by atoms with E-state index in [1.165, 1.54) is 0 Å². The van der Waals surface area contributed by atoms with Crippen LogP contribution in [0.25, 0.3) is 22.3 Å². The number of hydrogen-bond acceptors (Lipinski definition) is 5. The van der Waals surface area contributed by atoms with Crippen LogP contribution in [0.1, 0.15) is 11.4 Å². The minimum Gasteiger partial charge on any atom is -0.364 e. The lowest BCUT2D eigenvalue weighted by Gasteiger charge is -2.08. The van der Waals surface area contributed by atoms with Gasteiger partial charge >= 0.3 is 0 Å². The van der Waals surface area contributed by atoms with Gasteiger partial charge in [-0.2, -0.15) is 5.10 Å². The number of aryl methyl sites for hydroxylation is 2. The maximum Gasteiger partial charge on any atom is 0.163 e. The second-order valence-corrected chi connectivity index (χ2v) is 5.90. The largest absolute Gasteiger partial charge is 0.364 e. The van der Waals surface area contributed by atoms with E-state index in [0.717, 1.165) is 33.7 Å². The van der Waals surface area contributed by atoms with Crippen LogP contribution in [-0.2, 0) is 13.6 Å². The van der Waals surface area contributed by atoms with Crippen molar-refractivity contribution in [3.05, 3.63) is 66.2 Å². The van der Waals surface area contributed by atoms with Crippen molar-refractivity contribution in [2.24, 2.45) is 7.05 Å². The van der Waals surface area contributed by atoms with Gasteiger partial charge in [-0.05, 0) is 25.1 Å². The number of nitrogens with zero attached hydrogens (tertiary/aromatic N) is 5. The van der Waals surface area contributed by atoms with Crippen LogP contribution in [-0.4, -0.2) is 24.7 Å². The molecule has 0 atom stereocenters. The molecular formula is C19H18N6. The number of aromatic nitrogens is 5. The molecular weight excluding hydrogens is 312 g/mol. The average Bonchev–Trinajstić information content (AvgIpc) is 2.97. The van der Waals surface area contributed by atoms with Crippen LogP contribution in [0.5, 0.6) is 0 Å². The molecule has 0 aliphatic carbocycles. The van der Waals surface area contributed by atoms with Crippen LogP contribution in [0.2, 0.25) is 0 Å². The van der Waals surface area contributed by atoms with E-state index in [4.69, 9.17) is 0 Å². The van der Waals surface area contributed by atoms with E-state index in [1.54, 1.807) is 12.4 Å². The van der Waals surface area contributed by atoms with Crippen LogP contribution < -0.4 is 5.32 Å². The molecule has 0 saturated heterocycles. The van der Waals surface area contributed by atoms with E-state index in [0.29, 0.717) is 12.4 Å². The second-order valence-electron chi connectivity index (χ2n) is 5.90. The Morgan fingerprint density at radius 3 is 2.80 bits per heavy atom. The van der Waals surface area contributed by atoms with Gasteiger partial charge in [-0.15, -0.1) is 0 Å². The zero-order valence-corrected chi connectivity index (χ0v) is 14.1. The molecule has 124 valence electrons. The summed E-state index contributed by atoms with van der Waals surface area (Å²) >= 11 is 0. The molecule has 25 heavy (non-hydrogen) atoms. The summed E-state index contributed by atoms with van der Waals surface area (Å²) in [5.41, 5.74) is 3.92. The monoisotopic (exact) mass is 330 g/mol. The Hall–Kier alpha value is -3.28. The number of rotatable bonds is 4. The molecule has 0 bridgehead atoms. The number of pyridine rings is 1. The number of nitrogens with one attached hydrogen (secondary N) is 1. The molecule has 3 heterocycles. The highest BCUT2D eigenvalue weighted by Gasteiger charge is 2.09. The predicted molar refractivity (Wildman–Crippen MR) is 98.0 cm³/mol. The fourth-order valence-electron chi connectivity index (χ4n) is 2.88. The SMILES string of the molecule is Cc1cc(NCc2nn(C)c3ccccc23)nc(-c2cccnc2)n1. The molecule has 6 heteroatoms. The van der Waals surface area contributed by atoms with Gasteiger partial charge < -0.3 is 5.32 Å². The van der Waals surface area contributed by atoms with Crippen LogP contribution in [0.3, 0.4) is 0 Å². The van der Waals surface area contributed by atoms with E-state index < -0.39 is 0 Å². The average molecular weight is 330 g/mol. The molecule has 0 aliphatic rings. The first kappa shape index (κ1) is 15.3. The molecule has 0 unspecified atom stereocenters. The summed E-state index contributed by atoms with van der Waals surface area (Å²) < 4.78 is 1.90. The summed E-state index contributed by atoms with van der Waals surface area (Å²) in [5.74, 6) is 1.45. The van der Waals surface area contributed by atoms with Crippen molar-refractivity contribution in [1.82, 2.24) is 24.7 Å². The summed E-state index contributed by atoms with van der Waals surface area (Å²) in [6.45, 7) is 2.56. The minimum atomic E-state index is 0.601. The van der Waals surface area contributed by atoms with Gasteiger partial charge in [0.05, 0.1) is 17.8 Å². The van der Waals surface area contributed by atoms with Crippen LogP contribution in [0.15, 0.2) is 54.9 Å². The van der Waals surface area contributed by atoms with Crippen molar-refractivity contribution in [3.63, 3.8) is 0 Å². The van der Waals surface area contributed by atoms with Gasteiger partial charge in [0.1, 0.15) is 5.82 Å². The van der Waals surface area contributed by atoms with Gasteiger partial charge in [-0.25, -0.2) is 9.97 Å². The highest BCUT2D eigenvalue weighted by Crippen LogP contribution is 2.20. The van der Waals surface area contributed by atoms with E-state index in [9.17, 15) is 0 Å². The molecule has 4 aromatic rings. The Labute approximate surface area is 145 Å². The van der Waals surface area contributed by atoms with Crippen molar-refractivity contribution in [2.45, 2.75) is 13.5 Å². The molecule has 3 aromatic heterocycles. The Kier molecular flexibility index (Phi) is 3.85. The third-order valence-electron chi connectivity index (χ3n) is 4.05. The number of anilines is 1. The van der Waals surface area contributed by atoms with Gasteiger partial charge in [0, 0.05) is 42.2 Å². The zero-order chi connectivity index (χ0) is 17.2. The fraction of sp³-hybridized carbons (Fsp3) is 0.158. The summed E-state index contributed by atoms with van der Waals surface area (Å²) in [6, 6.07) is 14.0. The van der Waals surface area contributed by atoms with Crippen LogP contribution in [0, 0.1) is 6.92 Å². The molecule has 1 aromatic carbocycles. The van der Waals surface area contributed by atoms with Crippen molar-refractivity contribution in [3.8, 4) is 11.4 Å². The van der Waals surface area contributed by atoms with Crippen LogP contribution in [0.4, 0.5) is 5.82 Å². The second kappa shape index (κ2) is 6.32. The maximum absolute atomic E-state index is 4.61. The summed E-state index contributed by atoms with van der Waals surface area (Å²) in [6.07, 6.45) is 3.51. The first-order valence-electron chi connectivity index (χ1n) is 8.11. The fourth-order valence-corrected chi connectivity index (χ4v) is 2.88. The smallest absolute Gasteiger partial charge is 0.163 e. The van der Waals surface area contributed by atoms with E-state index in [2.05, 4.69) is 37.5 Å². The zero-order valence-electron chi connectivity index (χ0n) is 14.1. The third-order valence-corrected chi connectivity index (χ3v) is 4.05. The first-order valence-corrected chi connectivity index (χ1v) is 8.11. The van der Waals surface area contributed by atoms with Crippen molar-refractivity contribution in [2.75, 3.05) is 5.32 Å². The quantitative estimate of drug-likeness (QED) is 0.621. The topological polar surface area (TPSA) is 68.5 Å². The van der Waals surface area contributed by atoms with Gasteiger partial charge in [0.2, 0.25) is 0 Å². The molecule has 0 saturated carbocycles. The lowest BCUT2D eigenvalue weighted by atomic mass is 10.2. The summed E-state index contributed by atoms with van der Waals surface area (Å²) in [5, 5.41) is 9.13. The van der Waals surface area contributed by atoms with Crippen LogP contribution >= 0.6 is 0 Å². The highest BCUT2D eigenvalue weighted by atomic mass is 15.3. The molecule has 0 radical (unpaired) electrons. The minimum absolute atomic E-state index is 0.601. The summed E-state index contributed by atoms with van der Waals surface area (Å²) in [7, 11) is 1.96. The molecule has 0 aliphatic heterocycles. The molecule has 0 fully saturated rings. The molecule has 0 amide bonds. The Morgan fingerprint density at radius 2 is 1.96 bits per heavy atom. The Bertz CT molecular complexity index is 1020. The molecule has 6 nitrogen and oxygen atoms in total. The van der Waals surface area contributed by atoms with Crippen molar-refractivity contribution in [1.29, 1.82) is 0 Å². The third kappa shape index (κ3) is 3.06. The number of fused-ring (bicyclic) bond motifs is 1. The Balaban J connectivity index is 1.62. The lowest BCUT2D eigenvalue weighted by molar-refractivity contribution is 0.771. The molecule has 1 N–H and O–H groups in total. The summed E-state index contributed by atoms with van der Waals surface area (Å²) in [4.78, 5) is 13.2. The standard InChI is InChI=1S/C19H18N6/c1-13-10-18(23-19(22-13)14-6-5-9-20-11-14)21-12-16-15-7-3-4-8-17(15)25(2)24-16/h3-11H,12H2,1-2H3,(H,21,22,23). The number of benzene rings is 1. The van der Waals surface area contributed by atoms with Gasteiger partial charge in [-0.3, -0.25) is 9.67 Å².